The van der Waals surface area contributed by atoms with Gasteiger partial charge in [0, 0.05) is 18.6 Å². The maximum Gasteiger partial charge on any atom is 0.102 e. The van der Waals surface area contributed by atoms with Gasteiger partial charge in [-0.05, 0) is 25.7 Å². The molecule has 0 atom stereocenters. The predicted octanol–water partition coefficient (Wildman–Crippen LogP) is 1.24. The maximum absolute atomic E-state index is 11.7. The highest BCUT2D eigenvalue weighted by Gasteiger charge is 2.17. The van der Waals surface area contributed by atoms with Gasteiger partial charge in [0.15, 0.2) is 0 Å². The minimum Gasteiger partial charge on any atom is -0.328 e. The monoisotopic (exact) mass is 196 g/mol. The van der Waals surface area contributed by atoms with Gasteiger partial charge < -0.3 is 11.1 Å². The fourth-order valence-corrected chi connectivity index (χ4v) is 1.58. The predicted molar refractivity (Wildman–Crippen MR) is 51.5 cm³/mol. The van der Waals surface area contributed by atoms with Crippen LogP contribution in [0.25, 0.3) is 0 Å². The Kier molecular flexibility index (Phi) is 6.71. The molecule has 0 aromatic rings. The van der Waals surface area contributed by atoms with Gasteiger partial charge >= 0.3 is 0 Å². The average Bonchev–Trinajstić information content (AvgIpc) is 2.04. The Morgan fingerprint density at radius 2 is 1.83 bits per heavy atom. The summed E-state index contributed by atoms with van der Waals surface area (Å²) in [4.78, 5) is 0. The van der Waals surface area contributed by atoms with Crippen molar-refractivity contribution in [3.8, 4) is 0 Å². The molecule has 0 unspecified atom stereocenters. The van der Waals surface area contributed by atoms with E-state index in [0.29, 0.717) is 18.6 Å². The third-order valence-corrected chi connectivity index (χ3v) is 2.30. The lowest BCUT2D eigenvalue weighted by Crippen LogP contribution is -2.38. The fourth-order valence-electron chi connectivity index (χ4n) is 1.58. The lowest BCUT2D eigenvalue weighted by Gasteiger charge is -2.26. The molecule has 4 heteroatoms. The summed E-state index contributed by atoms with van der Waals surface area (Å²) < 4.78 is 11.7. The van der Waals surface area contributed by atoms with Gasteiger partial charge in [0.2, 0.25) is 0 Å². The van der Waals surface area contributed by atoms with Crippen LogP contribution >= 0.6 is 12.4 Å². The zero-order valence-corrected chi connectivity index (χ0v) is 8.08. The van der Waals surface area contributed by atoms with Crippen LogP contribution in [-0.2, 0) is 0 Å². The van der Waals surface area contributed by atoms with Crippen molar-refractivity contribution in [3.63, 3.8) is 0 Å². The molecule has 1 aliphatic rings. The highest BCUT2D eigenvalue weighted by Crippen LogP contribution is 2.16. The molecule has 0 heterocycles. The summed E-state index contributed by atoms with van der Waals surface area (Å²) in [6, 6.07) is 0.906. The normalized spacial score (nSPS) is 29.5. The highest BCUT2D eigenvalue weighted by molar-refractivity contribution is 5.85. The van der Waals surface area contributed by atoms with Gasteiger partial charge in [-0.2, -0.15) is 0 Å². The van der Waals surface area contributed by atoms with E-state index in [4.69, 9.17) is 5.73 Å². The summed E-state index contributed by atoms with van der Waals surface area (Å²) in [5.74, 6) is 0. The van der Waals surface area contributed by atoms with Crippen LogP contribution in [0, 0.1) is 0 Å². The molecular formula is C8H18ClFN2. The second-order valence-corrected chi connectivity index (χ2v) is 3.25. The summed E-state index contributed by atoms with van der Waals surface area (Å²) >= 11 is 0. The molecule has 1 aliphatic carbocycles. The first-order chi connectivity index (χ1) is 5.33. The minimum absolute atomic E-state index is 0. The molecule has 1 saturated carbocycles. The first kappa shape index (κ1) is 12.1. The van der Waals surface area contributed by atoms with Crippen LogP contribution < -0.4 is 11.1 Å². The molecule has 0 aromatic carbocycles. The number of hydrogen-bond donors (Lipinski definition) is 2. The minimum atomic E-state index is -0.261. The van der Waals surface area contributed by atoms with Gasteiger partial charge in [0.1, 0.15) is 6.67 Å². The van der Waals surface area contributed by atoms with Crippen molar-refractivity contribution >= 4 is 12.4 Å². The van der Waals surface area contributed by atoms with Gasteiger partial charge in [-0.3, -0.25) is 0 Å². The summed E-state index contributed by atoms with van der Waals surface area (Å²) in [5.41, 5.74) is 5.72. The molecule has 3 N–H and O–H groups in total. The van der Waals surface area contributed by atoms with E-state index in [2.05, 4.69) is 5.32 Å². The Hall–Kier alpha value is 0.140. The Morgan fingerprint density at radius 1 is 1.25 bits per heavy atom. The quantitative estimate of drug-likeness (QED) is 0.713. The molecule has 12 heavy (non-hydrogen) atoms. The summed E-state index contributed by atoms with van der Waals surface area (Å²) in [7, 11) is 0. The lowest BCUT2D eigenvalue weighted by atomic mass is 9.92. The first-order valence-electron chi connectivity index (χ1n) is 4.38. The summed E-state index contributed by atoms with van der Waals surface area (Å²) in [6.07, 6.45) is 4.40. The second kappa shape index (κ2) is 6.63. The van der Waals surface area contributed by atoms with E-state index in [1.165, 1.54) is 0 Å². The molecule has 1 rings (SSSR count). The Bertz CT molecular complexity index is 102. The highest BCUT2D eigenvalue weighted by atomic mass is 35.5. The van der Waals surface area contributed by atoms with Gasteiger partial charge in [0.25, 0.3) is 0 Å². The molecular weight excluding hydrogens is 179 g/mol. The molecule has 0 radical (unpaired) electrons. The number of alkyl halides is 1. The van der Waals surface area contributed by atoms with Crippen molar-refractivity contribution in [1.82, 2.24) is 5.32 Å². The zero-order valence-electron chi connectivity index (χ0n) is 7.26. The second-order valence-electron chi connectivity index (χ2n) is 3.25. The van der Waals surface area contributed by atoms with E-state index in [1.54, 1.807) is 0 Å². The molecule has 74 valence electrons. The number of hydrogen-bond acceptors (Lipinski definition) is 2. The van der Waals surface area contributed by atoms with E-state index in [9.17, 15) is 4.39 Å². The number of rotatable bonds is 3. The number of nitrogens with two attached hydrogens (primary N) is 1. The summed E-state index contributed by atoms with van der Waals surface area (Å²) in [5, 5.41) is 3.16. The van der Waals surface area contributed by atoms with Gasteiger partial charge in [-0.15, -0.1) is 12.4 Å². The van der Waals surface area contributed by atoms with E-state index in [-0.39, 0.29) is 19.1 Å². The van der Waals surface area contributed by atoms with Crippen molar-refractivity contribution in [2.45, 2.75) is 37.8 Å². The Balaban J connectivity index is 0.00000121. The van der Waals surface area contributed by atoms with Crippen molar-refractivity contribution < 1.29 is 4.39 Å². The Morgan fingerprint density at radius 3 is 2.33 bits per heavy atom. The van der Waals surface area contributed by atoms with Crippen LogP contribution in [0.5, 0.6) is 0 Å². The average molecular weight is 197 g/mol. The van der Waals surface area contributed by atoms with Gasteiger partial charge in [-0.25, -0.2) is 4.39 Å². The third-order valence-electron chi connectivity index (χ3n) is 2.30. The maximum atomic E-state index is 11.7. The Labute approximate surface area is 79.5 Å². The van der Waals surface area contributed by atoms with Crippen LogP contribution in [-0.4, -0.2) is 25.3 Å². The van der Waals surface area contributed by atoms with E-state index in [0.717, 1.165) is 25.7 Å². The molecule has 0 aromatic heterocycles. The SMILES string of the molecule is Cl.NC1CCC(NCCF)CC1. The molecule has 0 saturated heterocycles. The standard InChI is InChI=1S/C8H17FN2.ClH/c9-5-6-11-8-3-1-7(10)2-4-8;/h7-8,11H,1-6,10H2;1H. The lowest BCUT2D eigenvalue weighted by molar-refractivity contribution is 0.330. The fraction of sp³-hybridized carbons (Fsp3) is 1.00. The van der Waals surface area contributed by atoms with E-state index >= 15 is 0 Å². The molecule has 1 fully saturated rings. The van der Waals surface area contributed by atoms with Crippen LogP contribution in [0.4, 0.5) is 4.39 Å². The molecule has 2 nitrogen and oxygen atoms in total. The van der Waals surface area contributed by atoms with Crippen LogP contribution in [0.1, 0.15) is 25.7 Å². The van der Waals surface area contributed by atoms with Gasteiger partial charge in [0.05, 0.1) is 0 Å². The smallest absolute Gasteiger partial charge is 0.102 e. The van der Waals surface area contributed by atoms with Crippen molar-refractivity contribution in [2.75, 3.05) is 13.2 Å². The van der Waals surface area contributed by atoms with Crippen molar-refractivity contribution in [1.29, 1.82) is 0 Å². The van der Waals surface area contributed by atoms with Crippen LogP contribution in [0.2, 0.25) is 0 Å². The van der Waals surface area contributed by atoms with Crippen LogP contribution in [0.3, 0.4) is 0 Å². The number of nitrogens with one attached hydrogen (secondary N) is 1. The molecule has 0 amide bonds. The van der Waals surface area contributed by atoms with E-state index in [1.807, 2.05) is 0 Å². The van der Waals surface area contributed by atoms with Gasteiger partial charge in [-0.1, -0.05) is 0 Å². The molecule has 0 aliphatic heterocycles. The topological polar surface area (TPSA) is 38.0 Å². The summed E-state index contributed by atoms with van der Waals surface area (Å²) in [6.45, 7) is 0.239. The van der Waals surface area contributed by atoms with Crippen molar-refractivity contribution in [2.24, 2.45) is 5.73 Å². The van der Waals surface area contributed by atoms with Crippen molar-refractivity contribution in [3.05, 3.63) is 0 Å². The molecule has 0 bridgehead atoms. The van der Waals surface area contributed by atoms with Crippen LogP contribution in [0.15, 0.2) is 0 Å². The largest absolute Gasteiger partial charge is 0.328 e. The number of halogens is 2. The molecule has 0 spiro atoms. The third kappa shape index (κ3) is 4.24. The zero-order chi connectivity index (χ0) is 8.10. The van der Waals surface area contributed by atoms with E-state index < -0.39 is 0 Å². The first-order valence-corrected chi connectivity index (χ1v) is 4.38.